The van der Waals surface area contributed by atoms with E-state index in [4.69, 9.17) is 0 Å². The van der Waals surface area contributed by atoms with Crippen LogP contribution >= 0.6 is 0 Å². The number of aliphatic hydroxyl groups is 1. The Hall–Kier alpha value is -2.86. The minimum Gasteiger partial charge on any atom is -0.394 e. The molecule has 1 aliphatic carbocycles. The molecule has 2 heterocycles. The summed E-state index contributed by atoms with van der Waals surface area (Å²) < 4.78 is 0. The highest BCUT2D eigenvalue weighted by Crippen LogP contribution is 2.48. The second-order valence-electron chi connectivity index (χ2n) is 9.93. The number of anilines is 1. The predicted molar refractivity (Wildman–Crippen MR) is 129 cm³/mol. The molecule has 33 heavy (non-hydrogen) atoms. The number of benzene rings is 2. The van der Waals surface area contributed by atoms with Gasteiger partial charge in [0.05, 0.1) is 18.7 Å². The fourth-order valence-electron chi connectivity index (χ4n) is 5.99. The number of nitrogens with zero attached hydrogens (tertiary/aromatic N) is 2. The minimum absolute atomic E-state index is 0.0157. The van der Waals surface area contributed by atoms with Gasteiger partial charge in [-0.05, 0) is 60.2 Å². The van der Waals surface area contributed by atoms with E-state index in [9.17, 15) is 14.7 Å². The maximum absolute atomic E-state index is 13.4. The van der Waals surface area contributed by atoms with Crippen molar-refractivity contribution in [1.82, 2.24) is 9.80 Å². The SMILES string of the molecule is CN(C)C(=O)c1cccc(-c2ccc3c(c2)[C@H]2[C@H](CCN2C(=O)C2CCCC2)[C@@H](CO)N3)c1. The second kappa shape index (κ2) is 8.82. The zero-order valence-corrected chi connectivity index (χ0v) is 19.5. The van der Waals surface area contributed by atoms with Crippen molar-refractivity contribution in [3.05, 3.63) is 53.6 Å². The molecule has 1 saturated heterocycles. The normalized spacial score (nSPS) is 24.2. The lowest BCUT2D eigenvalue weighted by atomic mass is 9.82. The van der Waals surface area contributed by atoms with E-state index in [-0.39, 0.29) is 42.3 Å². The molecule has 1 saturated carbocycles. The first-order valence-electron chi connectivity index (χ1n) is 12.1. The Morgan fingerprint density at radius 3 is 2.55 bits per heavy atom. The first-order chi connectivity index (χ1) is 16.0. The van der Waals surface area contributed by atoms with Crippen molar-refractivity contribution in [2.75, 3.05) is 32.6 Å². The molecule has 2 aromatic rings. The third-order valence-electron chi connectivity index (χ3n) is 7.71. The summed E-state index contributed by atoms with van der Waals surface area (Å²) in [5.41, 5.74) is 4.79. The summed E-state index contributed by atoms with van der Waals surface area (Å²) in [6.07, 6.45) is 5.17. The number of rotatable bonds is 4. The number of aliphatic hydroxyl groups excluding tert-OH is 1. The third kappa shape index (κ3) is 3.90. The Bertz CT molecular complexity index is 1060. The van der Waals surface area contributed by atoms with E-state index in [1.165, 1.54) is 0 Å². The Kier molecular flexibility index (Phi) is 5.87. The first kappa shape index (κ1) is 22.0. The number of carbonyl (C=O) groups is 2. The molecule has 2 N–H and O–H groups in total. The molecular formula is C27H33N3O3. The van der Waals surface area contributed by atoms with Crippen LogP contribution in [0.5, 0.6) is 0 Å². The predicted octanol–water partition coefficient (Wildman–Crippen LogP) is 3.92. The lowest BCUT2D eigenvalue weighted by Gasteiger charge is -2.40. The van der Waals surface area contributed by atoms with Crippen molar-refractivity contribution in [3.63, 3.8) is 0 Å². The van der Waals surface area contributed by atoms with Gasteiger partial charge < -0.3 is 20.2 Å². The largest absolute Gasteiger partial charge is 0.394 e. The minimum atomic E-state index is -0.0456. The van der Waals surface area contributed by atoms with Gasteiger partial charge in [-0.1, -0.05) is 31.0 Å². The molecule has 0 aromatic heterocycles. The number of fused-ring (bicyclic) bond motifs is 3. The number of carbonyl (C=O) groups excluding carboxylic acids is 2. The fraction of sp³-hybridized carbons (Fsp3) is 0.481. The zero-order valence-electron chi connectivity index (χ0n) is 19.5. The quantitative estimate of drug-likeness (QED) is 0.745. The highest BCUT2D eigenvalue weighted by atomic mass is 16.3. The highest BCUT2D eigenvalue weighted by Gasteiger charge is 2.47. The lowest BCUT2D eigenvalue weighted by Crippen LogP contribution is -2.44. The molecule has 0 unspecified atom stereocenters. The van der Waals surface area contributed by atoms with E-state index < -0.39 is 0 Å². The number of hydrogen-bond donors (Lipinski definition) is 2. The zero-order chi connectivity index (χ0) is 23.1. The Balaban J connectivity index is 1.53. The van der Waals surface area contributed by atoms with Gasteiger partial charge in [0.25, 0.3) is 5.91 Å². The molecule has 2 aromatic carbocycles. The molecule has 2 amide bonds. The summed E-state index contributed by atoms with van der Waals surface area (Å²) in [6.45, 7) is 0.807. The van der Waals surface area contributed by atoms with Gasteiger partial charge in [-0.2, -0.15) is 0 Å². The molecule has 174 valence electrons. The third-order valence-corrected chi connectivity index (χ3v) is 7.71. The van der Waals surface area contributed by atoms with Crippen molar-refractivity contribution in [3.8, 4) is 11.1 Å². The monoisotopic (exact) mass is 447 g/mol. The van der Waals surface area contributed by atoms with Crippen LogP contribution in [0.1, 0.15) is 54.1 Å². The van der Waals surface area contributed by atoms with E-state index in [2.05, 4.69) is 28.4 Å². The molecule has 3 aliphatic rings. The summed E-state index contributed by atoms with van der Waals surface area (Å²) in [4.78, 5) is 29.6. The van der Waals surface area contributed by atoms with Crippen molar-refractivity contribution < 1.29 is 14.7 Å². The van der Waals surface area contributed by atoms with Crippen LogP contribution in [0, 0.1) is 11.8 Å². The molecule has 6 heteroatoms. The van der Waals surface area contributed by atoms with Gasteiger partial charge in [0.15, 0.2) is 0 Å². The summed E-state index contributed by atoms with van der Waals surface area (Å²) in [6, 6.07) is 13.9. The van der Waals surface area contributed by atoms with Gasteiger partial charge in [0.2, 0.25) is 5.91 Å². The molecule has 2 fully saturated rings. The Labute approximate surface area is 195 Å². The van der Waals surface area contributed by atoms with Crippen molar-refractivity contribution in [1.29, 1.82) is 0 Å². The molecule has 5 rings (SSSR count). The van der Waals surface area contributed by atoms with Crippen molar-refractivity contribution >= 4 is 17.5 Å². The maximum Gasteiger partial charge on any atom is 0.253 e. The van der Waals surface area contributed by atoms with Crippen LogP contribution in [0.4, 0.5) is 5.69 Å². The van der Waals surface area contributed by atoms with E-state index >= 15 is 0 Å². The number of likely N-dealkylation sites (tertiary alicyclic amines) is 1. The number of nitrogens with one attached hydrogen (secondary N) is 1. The average molecular weight is 448 g/mol. The van der Waals surface area contributed by atoms with Crippen molar-refractivity contribution in [2.45, 2.75) is 44.2 Å². The van der Waals surface area contributed by atoms with Gasteiger partial charge in [0.1, 0.15) is 0 Å². The van der Waals surface area contributed by atoms with Crippen LogP contribution in [0.15, 0.2) is 42.5 Å². The molecule has 3 atom stereocenters. The van der Waals surface area contributed by atoms with Crippen LogP contribution in [0.2, 0.25) is 0 Å². The van der Waals surface area contributed by atoms with Crippen LogP contribution < -0.4 is 5.32 Å². The van der Waals surface area contributed by atoms with Crippen LogP contribution in [0.25, 0.3) is 11.1 Å². The topological polar surface area (TPSA) is 72.9 Å². The molecule has 0 spiro atoms. The summed E-state index contributed by atoms with van der Waals surface area (Å²) in [5.74, 6) is 0.608. The van der Waals surface area contributed by atoms with Gasteiger partial charge in [-0.3, -0.25) is 9.59 Å². The Morgan fingerprint density at radius 1 is 1.06 bits per heavy atom. The summed E-state index contributed by atoms with van der Waals surface area (Å²) in [5, 5.41) is 13.6. The number of amides is 2. The molecule has 0 radical (unpaired) electrons. The maximum atomic E-state index is 13.4. The lowest BCUT2D eigenvalue weighted by molar-refractivity contribution is -0.136. The smallest absolute Gasteiger partial charge is 0.253 e. The van der Waals surface area contributed by atoms with E-state index in [0.29, 0.717) is 5.56 Å². The van der Waals surface area contributed by atoms with E-state index in [1.807, 2.05) is 24.3 Å². The van der Waals surface area contributed by atoms with E-state index in [1.54, 1.807) is 19.0 Å². The Morgan fingerprint density at radius 2 is 1.82 bits per heavy atom. The van der Waals surface area contributed by atoms with Gasteiger partial charge in [0, 0.05) is 43.7 Å². The highest BCUT2D eigenvalue weighted by molar-refractivity contribution is 5.95. The standard InChI is InChI=1S/C27H33N3O3/c1-29(2)26(32)20-9-5-8-18(14-20)19-10-11-23-22(15-19)25-21(24(16-31)28-23)12-13-30(25)27(33)17-6-3-4-7-17/h5,8-11,14-15,17,21,24-25,28,31H,3-4,6-7,12-13,16H2,1-2H3/t21-,24-,25-/m1/s1. The first-order valence-corrected chi connectivity index (χ1v) is 12.1. The average Bonchev–Trinajstić information content (AvgIpc) is 3.53. The fourth-order valence-corrected chi connectivity index (χ4v) is 5.99. The molecule has 6 nitrogen and oxygen atoms in total. The van der Waals surface area contributed by atoms with Crippen LogP contribution in [-0.4, -0.2) is 60.0 Å². The molecular weight excluding hydrogens is 414 g/mol. The van der Waals surface area contributed by atoms with Crippen molar-refractivity contribution in [2.24, 2.45) is 11.8 Å². The summed E-state index contributed by atoms with van der Waals surface area (Å²) >= 11 is 0. The van der Waals surface area contributed by atoms with Gasteiger partial charge in [-0.15, -0.1) is 0 Å². The molecule has 2 aliphatic heterocycles. The number of hydrogen-bond acceptors (Lipinski definition) is 4. The molecule has 0 bridgehead atoms. The van der Waals surface area contributed by atoms with Crippen LogP contribution in [-0.2, 0) is 4.79 Å². The van der Waals surface area contributed by atoms with Crippen LogP contribution in [0.3, 0.4) is 0 Å². The summed E-state index contributed by atoms with van der Waals surface area (Å²) in [7, 11) is 3.51. The second-order valence-corrected chi connectivity index (χ2v) is 9.93. The van der Waals surface area contributed by atoms with Gasteiger partial charge in [-0.25, -0.2) is 0 Å². The van der Waals surface area contributed by atoms with E-state index in [0.717, 1.165) is 61.0 Å². The van der Waals surface area contributed by atoms with Gasteiger partial charge >= 0.3 is 0 Å².